The summed E-state index contributed by atoms with van der Waals surface area (Å²) in [7, 11) is 1.68. The minimum Gasteiger partial charge on any atom is -0.384 e. The molecule has 1 saturated heterocycles. The van der Waals surface area contributed by atoms with Gasteiger partial charge in [-0.2, -0.15) is 0 Å². The molecule has 21 heavy (non-hydrogen) atoms. The highest BCUT2D eigenvalue weighted by atomic mass is 19.1. The van der Waals surface area contributed by atoms with E-state index in [0.717, 1.165) is 12.8 Å². The van der Waals surface area contributed by atoms with Crippen molar-refractivity contribution in [1.82, 2.24) is 4.90 Å². The summed E-state index contributed by atoms with van der Waals surface area (Å²) in [4.78, 5) is 14.0. The van der Waals surface area contributed by atoms with Gasteiger partial charge in [0.1, 0.15) is 12.4 Å². The second-order valence-corrected chi connectivity index (χ2v) is 4.91. The van der Waals surface area contributed by atoms with Crippen LogP contribution in [0.25, 0.3) is 0 Å². The Labute approximate surface area is 123 Å². The van der Waals surface area contributed by atoms with Crippen molar-refractivity contribution in [2.24, 2.45) is 0 Å². The first-order chi connectivity index (χ1) is 10.1. The molecule has 1 fully saturated rings. The Balaban J connectivity index is 2.20. The zero-order valence-corrected chi connectivity index (χ0v) is 11.9. The van der Waals surface area contributed by atoms with Crippen molar-refractivity contribution in [3.8, 4) is 11.8 Å². The van der Waals surface area contributed by atoms with Crippen LogP contribution in [-0.4, -0.2) is 48.8 Å². The maximum atomic E-state index is 13.9. The van der Waals surface area contributed by atoms with E-state index in [1.165, 1.54) is 18.2 Å². The van der Waals surface area contributed by atoms with E-state index in [4.69, 9.17) is 9.84 Å². The van der Waals surface area contributed by atoms with E-state index < -0.39 is 5.82 Å². The van der Waals surface area contributed by atoms with Gasteiger partial charge in [-0.15, -0.1) is 0 Å². The molecule has 0 radical (unpaired) electrons. The molecule has 0 atom stereocenters. The predicted molar refractivity (Wildman–Crippen MR) is 76.3 cm³/mol. The second-order valence-electron chi connectivity index (χ2n) is 4.91. The van der Waals surface area contributed by atoms with Gasteiger partial charge in [0.15, 0.2) is 0 Å². The predicted octanol–water partition coefficient (Wildman–Crippen LogP) is 1.42. The number of benzene rings is 1. The van der Waals surface area contributed by atoms with Gasteiger partial charge in [-0.05, 0) is 31.0 Å². The largest absolute Gasteiger partial charge is 0.384 e. The van der Waals surface area contributed by atoms with E-state index in [-0.39, 0.29) is 24.1 Å². The van der Waals surface area contributed by atoms with Gasteiger partial charge in [0.05, 0.1) is 5.56 Å². The molecule has 0 spiro atoms. The molecule has 0 bridgehead atoms. The van der Waals surface area contributed by atoms with Crippen LogP contribution >= 0.6 is 0 Å². The van der Waals surface area contributed by atoms with Gasteiger partial charge in [-0.25, -0.2) is 4.39 Å². The Morgan fingerprint density at radius 2 is 2.19 bits per heavy atom. The molecule has 0 unspecified atom stereocenters. The molecule has 1 heterocycles. The van der Waals surface area contributed by atoms with E-state index in [0.29, 0.717) is 18.8 Å². The summed E-state index contributed by atoms with van der Waals surface area (Å²) in [5.74, 6) is 4.25. The molecule has 0 saturated carbocycles. The Morgan fingerprint density at radius 3 is 2.86 bits per heavy atom. The standard InChI is InChI=1S/C16H18FNO3/c1-18(13-6-9-21-10-7-13)16(20)14-11-12(3-2-8-19)4-5-15(14)17/h4-5,11,13,19H,6-10H2,1H3. The Bertz CT molecular complexity index is 571. The zero-order chi connectivity index (χ0) is 15.2. The normalized spacial score (nSPS) is 15.2. The number of carbonyl (C=O) groups excluding carboxylic acids is 1. The zero-order valence-electron chi connectivity index (χ0n) is 11.9. The van der Waals surface area contributed by atoms with Crippen LogP contribution in [0.15, 0.2) is 18.2 Å². The van der Waals surface area contributed by atoms with E-state index >= 15 is 0 Å². The summed E-state index contributed by atoms with van der Waals surface area (Å²) in [6.45, 7) is 0.961. The molecule has 1 amide bonds. The van der Waals surface area contributed by atoms with Gasteiger partial charge in [-0.1, -0.05) is 11.8 Å². The number of ether oxygens (including phenoxy) is 1. The molecule has 4 nitrogen and oxygen atoms in total. The molecule has 5 heteroatoms. The molecule has 1 aliphatic rings. The molecule has 112 valence electrons. The number of hydrogen-bond acceptors (Lipinski definition) is 3. The van der Waals surface area contributed by atoms with Crippen LogP contribution < -0.4 is 0 Å². The quantitative estimate of drug-likeness (QED) is 0.838. The average molecular weight is 291 g/mol. The van der Waals surface area contributed by atoms with Crippen molar-refractivity contribution < 1.29 is 19.0 Å². The molecule has 1 aromatic carbocycles. The average Bonchev–Trinajstić information content (AvgIpc) is 2.53. The highest BCUT2D eigenvalue weighted by Gasteiger charge is 2.25. The van der Waals surface area contributed by atoms with E-state index in [1.807, 2.05) is 0 Å². The summed E-state index contributed by atoms with van der Waals surface area (Å²) in [5, 5.41) is 8.68. The summed E-state index contributed by atoms with van der Waals surface area (Å²) in [5.41, 5.74) is 0.517. The van der Waals surface area contributed by atoms with Gasteiger partial charge in [0, 0.05) is 31.9 Å². The number of carbonyl (C=O) groups is 1. The third-order valence-corrected chi connectivity index (χ3v) is 3.57. The Hall–Kier alpha value is -1.90. The maximum Gasteiger partial charge on any atom is 0.256 e. The van der Waals surface area contributed by atoms with Crippen molar-refractivity contribution in [3.63, 3.8) is 0 Å². The fraction of sp³-hybridized carbons (Fsp3) is 0.438. The van der Waals surface area contributed by atoms with Gasteiger partial charge in [0.2, 0.25) is 0 Å². The molecular weight excluding hydrogens is 273 g/mol. The smallest absolute Gasteiger partial charge is 0.256 e. The lowest BCUT2D eigenvalue weighted by atomic mass is 10.0. The third kappa shape index (κ3) is 3.81. The number of hydrogen-bond donors (Lipinski definition) is 1. The second kappa shape index (κ2) is 7.21. The van der Waals surface area contributed by atoms with Gasteiger partial charge < -0.3 is 14.7 Å². The van der Waals surface area contributed by atoms with Crippen molar-refractivity contribution >= 4 is 5.91 Å². The monoisotopic (exact) mass is 291 g/mol. The number of amides is 1. The number of rotatable bonds is 2. The summed E-state index contributed by atoms with van der Waals surface area (Å²) in [6, 6.07) is 4.21. The Kier molecular flexibility index (Phi) is 5.32. The van der Waals surface area contributed by atoms with E-state index in [1.54, 1.807) is 11.9 Å². The highest BCUT2D eigenvalue weighted by Crippen LogP contribution is 2.18. The third-order valence-electron chi connectivity index (χ3n) is 3.57. The van der Waals surface area contributed by atoms with E-state index in [2.05, 4.69) is 11.8 Å². The molecule has 2 rings (SSSR count). The first-order valence-electron chi connectivity index (χ1n) is 6.87. The molecule has 1 aromatic rings. The van der Waals surface area contributed by atoms with Gasteiger partial charge in [0.25, 0.3) is 5.91 Å². The first-order valence-corrected chi connectivity index (χ1v) is 6.87. The van der Waals surface area contributed by atoms with Crippen molar-refractivity contribution in [2.75, 3.05) is 26.9 Å². The summed E-state index contributed by atoms with van der Waals surface area (Å²) < 4.78 is 19.2. The SMILES string of the molecule is CN(C(=O)c1cc(C#CCO)ccc1F)C1CCOCC1. The van der Waals surface area contributed by atoms with Crippen LogP contribution in [0.4, 0.5) is 4.39 Å². The van der Waals surface area contributed by atoms with Crippen LogP contribution in [0.1, 0.15) is 28.8 Å². The number of aliphatic hydroxyl groups is 1. The Morgan fingerprint density at radius 1 is 1.48 bits per heavy atom. The number of halogens is 1. The minimum absolute atomic E-state index is 0.00808. The molecule has 0 aromatic heterocycles. The van der Waals surface area contributed by atoms with E-state index in [9.17, 15) is 9.18 Å². The lowest BCUT2D eigenvalue weighted by molar-refractivity contribution is 0.0359. The van der Waals surface area contributed by atoms with Crippen molar-refractivity contribution in [1.29, 1.82) is 0 Å². The van der Waals surface area contributed by atoms with Crippen molar-refractivity contribution in [3.05, 3.63) is 35.1 Å². The fourth-order valence-electron chi connectivity index (χ4n) is 2.34. The first kappa shape index (κ1) is 15.5. The fourth-order valence-corrected chi connectivity index (χ4v) is 2.34. The summed E-state index contributed by atoms with van der Waals surface area (Å²) >= 11 is 0. The van der Waals surface area contributed by atoms with Crippen LogP contribution in [0.3, 0.4) is 0 Å². The number of nitrogens with zero attached hydrogens (tertiary/aromatic N) is 1. The molecular formula is C16H18FNO3. The summed E-state index contributed by atoms with van der Waals surface area (Å²) in [6.07, 6.45) is 1.52. The highest BCUT2D eigenvalue weighted by molar-refractivity contribution is 5.95. The van der Waals surface area contributed by atoms with Crippen LogP contribution in [0, 0.1) is 17.7 Å². The van der Waals surface area contributed by atoms with Crippen molar-refractivity contribution in [2.45, 2.75) is 18.9 Å². The number of aliphatic hydroxyl groups excluding tert-OH is 1. The molecule has 1 aliphatic heterocycles. The van der Waals surface area contributed by atoms with Crippen LogP contribution in [0.2, 0.25) is 0 Å². The molecule has 1 N–H and O–H groups in total. The topological polar surface area (TPSA) is 49.8 Å². The van der Waals surface area contributed by atoms with Crippen LogP contribution in [0.5, 0.6) is 0 Å². The lowest BCUT2D eigenvalue weighted by Gasteiger charge is -2.31. The van der Waals surface area contributed by atoms with Gasteiger partial charge >= 0.3 is 0 Å². The minimum atomic E-state index is -0.562. The maximum absolute atomic E-state index is 13.9. The van der Waals surface area contributed by atoms with Gasteiger partial charge in [-0.3, -0.25) is 4.79 Å². The van der Waals surface area contributed by atoms with Crippen LogP contribution in [-0.2, 0) is 4.74 Å². The molecule has 0 aliphatic carbocycles. The lowest BCUT2D eigenvalue weighted by Crippen LogP contribution is -2.41.